The second kappa shape index (κ2) is 14.1. The summed E-state index contributed by atoms with van der Waals surface area (Å²) < 4.78 is 11.9. The fourth-order valence-corrected chi connectivity index (χ4v) is 6.91. The molecule has 0 amide bonds. The number of aliphatic hydroxyl groups is 1. The molecule has 0 bridgehead atoms. The molecule has 0 aromatic heterocycles. The van der Waals surface area contributed by atoms with E-state index in [2.05, 4.69) is 12.1 Å². The number of allylic oxidation sites excluding steroid dienone is 1. The number of aryl methyl sites for hydroxylation is 1. The zero-order chi connectivity index (χ0) is 31.3. The second-order valence-corrected chi connectivity index (χ2v) is 13.7. The van der Waals surface area contributed by atoms with Crippen molar-refractivity contribution in [3.63, 3.8) is 0 Å². The molecular formula is C38H44O5S. The predicted molar refractivity (Wildman–Crippen MR) is 177 cm³/mol. The number of thioether (sulfide) groups is 1. The van der Waals surface area contributed by atoms with E-state index < -0.39 is 5.60 Å². The van der Waals surface area contributed by atoms with E-state index in [-0.39, 0.29) is 29.5 Å². The molecule has 3 aromatic rings. The average Bonchev–Trinajstić information content (AvgIpc) is 3.87. The van der Waals surface area contributed by atoms with Crippen LogP contribution in [-0.4, -0.2) is 28.7 Å². The number of rotatable bonds is 11. The van der Waals surface area contributed by atoms with Crippen molar-refractivity contribution >= 4 is 23.5 Å². The predicted octanol–water partition coefficient (Wildman–Crippen LogP) is 9.32. The minimum atomic E-state index is -0.787. The van der Waals surface area contributed by atoms with Crippen LogP contribution in [0.15, 0.2) is 89.0 Å². The second-order valence-electron chi connectivity index (χ2n) is 12.9. The van der Waals surface area contributed by atoms with E-state index in [4.69, 9.17) is 9.47 Å². The third-order valence-corrected chi connectivity index (χ3v) is 9.73. The first-order valence-electron chi connectivity index (χ1n) is 15.8. The van der Waals surface area contributed by atoms with Gasteiger partial charge in [0.1, 0.15) is 17.3 Å². The van der Waals surface area contributed by atoms with Crippen molar-refractivity contribution in [1.29, 1.82) is 0 Å². The highest BCUT2D eigenvalue weighted by atomic mass is 32.2. The van der Waals surface area contributed by atoms with Gasteiger partial charge in [-0.05, 0) is 124 Å². The number of benzene rings is 3. The van der Waals surface area contributed by atoms with Crippen LogP contribution in [0.25, 0.3) is 0 Å². The van der Waals surface area contributed by atoms with E-state index in [1.54, 1.807) is 23.9 Å². The minimum Gasteiger partial charge on any atom is -0.508 e. The normalized spacial score (nSPS) is 20.0. The van der Waals surface area contributed by atoms with E-state index in [0.717, 1.165) is 77.9 Å². The van der Waals surface area contributed by atoms with Crippen LogP contribution in [0.4, 0.5) is 0 Å². The van der Waals surface area contributed by atoms with E-state index in [1.807, 2.05) is 75.6 Å². The SMILES string of the molecule is CSc1ccc(C(=O)C2CCCC(CC(=O)Oc3ccccc3)CC2Cc2ccc(OC(C)(C)C(O)=C3CC3)c(C)c2)cc1. The molecule has 0 radical (unpaired) electrons. The van der Waals surface area contributed by atoms with Gasteiger partial charge in [0.2, 0.25) is 0 Å². The molecule has 0 aliphatic heterocycles. The van der Waals surface area contributed by atoms with Gasteiger partial charge in [-0.3, -0.25) is 9.59 Å². The molecule has 0 saturated heterocycles. The average molecular weight is 613 g/mol. The lowest BCUT2D eigenvalue weighted by Crippen LogP contribution is -2.31. The largest absolute Gasteiger partial charge is 0.508 e. The smallest absolute Gasteiger partial charge is 0.311 e. The van der Waals surface area contributed by atoms with Crippen molar-refractivity contribution in [2.75, 3.05) is 6.26 Å². The first-order valence-corrected chi connectivity index (χ1v) is 17.0. The van der Waals surface area contributed by atoms with Crippen LogP contribution in [0.2, 0.25) is 0 Å². The summed E-state index contributed by atoms with van der Waals surface area (Å²) >= 11 is 1.67. The maximum Gasteiger partial charge on any atom is 0.311 e. The van der Waals surface area contributed by atoms with Gasteiger partial charge < -0.3 is 14.6 Å². The van der Waals surface area contributed by atoms with Crippen molar-refractivity contribution in [1.82, 2.24) is 0 Å². The van der Waals surface area contributed by atoms with Crippen molar-refractivity contribution in [3.8, 4) is 11.5 Å². The maximum atomic E-state index is 14.0. The summed E-state index contributed by atoms with van der Waals surface area (Å²) in [6, 6.07) is 23.4. The molecule has 3 atom stereocenters. The van der Waals surface area contributed by atoms with Crippen molar-refractivity contribution < 1.29 is 24.2 Å². The topological polar surface area (TPSA) is 72.8 Å². The fraction of sp³-hybridized carbons (Fsp3) is 0.421. The van der Waals surface area contributed by atoms with Crippen LogP contribution >= 0.6 is 11.8 Å². The Balaban J connectivity index is 1.35. The summed E-state index contributed by atoms with van der Waals surface area (Å²) in [4.78, 5) is 28.0. The van der Waals surface area contributed by atoms with Gasteiger partial charge in [-0.25, -0.2) is 0 Å². The number of ketones is 1. The first-order chi connectivity index (χ1) is 21.1. The molecule has 3 aromatic carbocycles. The fourth-order valence-electron chi connectivity index (χ4n) is 6.50. The molecule has 232 valence electrons. The number of esters is 1. The van der Waals surface area contributed by atoms with Crippen LogP contribution in [0.1, 0.15) is 80.3 Å². The number of Topliss-reactive ketones (excluding diaryl/α,β-unsaturated/α-hetero) is 1. The summed E-state index contributed by atoms with van der Waals surface area (Å²) in [6.07, 6.45) is 8.38. The molecule has 5 nitrogen and oxygen atoms in total. The van der Waals surface area contributed by atoms with E-state index in [1.165, 1.54) is 0 Å². The third-order valence-electron chi connectivity index (χ3n) is 8.98. The first kappa shape index (κ1) is 31.9. The highest BCUT2D eigenvalue weighted by molar-refractivity contribution is 7.98. The summed E-state index contributed by atoms with van der Waals surface area (Å²) in [5, 5.41) is 10.6. The van der Waals surface area contributed by atoms with Crippen LogP contribution in [-0.2, 0) is 11.2 Å². The van der Waals surface area contributed by atoms with Gasteiger partial charge in [-0.2, -0.15) is 0 Å². The summed E-state index contributed by atoms with van der Waals surface area (Å²) in [7, 11) is 0. The summed E-state index contributed by atoms with van der Waals surface area (Å²) in [6.45, 7) is 5.83. The molecule has 3 unspecified atom stereocenters. The molecule has 5 rings (SSSR count). The van der Waals surface area contributed by atoms with E-state index in [9.17, 15) is 14.7 Å². The Morgan fingerprint density at radius 2 is 1.70 bits per heavy atom. The standard InChI is InChI=1S/C38H44O5S/c1-25-21-27(13-20-34(25)43-38(2,3)37(41)29-14-15-29)23-30-22-26(24-35(39)42-31-10-6-5-7-11-31)9-8-12-33(30)36(40)28-16-18-32(44-4)19-17-28/h5-7,10-11,13,16-21,26,30,33,41H,8-9,12,14-15,22-24H2,1-4H3. The Kier molecular flexibility index (Phi) is 10.2. The third kappa shape index (κ3) is 8.15. The monoisotopic (exact) mass is 612 g/mol. The van der Waals surface area contributed by atoms with E-state index >= 15 is 0 Å². The van der Waals surface area contributed by atoms with Gasteiger partial charge in [0.15, 0.2) is 11.4 Å². The van der Waals surface area contributed by atoms with Gasteiger partial charge in [0.25, 0.3) is 0 Å². The number of carbonyl (C=O) groups excluding carboxylic acids is 2. The van der Waals surface area contributed by atoms with Gasteiger partial charge in [0.05, 0.1) is 0 Å². The zero-order valence-electron chi connectivity index (χ0n) is 26.3. The van der Waals surface area contributed by atoms with Crippen molar-refractivity contribution in [3.05, 3.63) is 101 Å². The summed E-state index contributed by atoms with van der Waals surface area (Å²) in [5.74, 6) is 1.73. The minimum absolute atomic E-state index is 0.0889. The number of hydrogen-bond acceptors (Lipinski definition) is 6. The lowest BCUT2D eigenvalue weighted by atomic mass is 9.77. The van der Waals surface area contributed by atoms with Gasteiger partial charge >= 0.3 is 5.97 Å². The lowest BCUT2D eigenvalue weighted by Gasteiger charge is -2.28. The van der Waals surface area contributed by atoms with Crippen molar-refractivity contribution in [2.24, 2.45) is 17.8 Å². The Hall–Kier alpha value is -3.51. The molecule has 0 heterocycles. The van der Waals surface area contributed by atoms with Crippen LogP contribution in [0, 0.1) is 24.7 Å². The molecule has 2 saturated carbocycles. The van der Waals surface area contributed by atoms with Crippen LogP contribution in [0.5, 0.6) is 11.5 Å². The summed E-state index contributed by atoms with van der Waals surface area (Å²) in [5.41, 5.74) is 3.18. The molecule has 2 aliphatic carbocycles. The Labute approximate surface area is 266 Å². The quantitative estimate of drug-likeness (QED) is 0.0581. The highest BCUT2D eigenvalue weighted by Crippen LogP contribution is 2.40. The number of carbonyl (C=O) groups is 2. The van der Waals surface area contributed by atoms with Gasteiger partial charge in [-0.15, -0.1) is 11.8 Å². The molecular weight excluding hydrogens is 568 g/mol. The highest BCUT2D eigenvalue weighted by Gasteiger charge is 2.35. The van der Waals surface area contributed by atoms with Gasteiger partial charge in [-0.1, -0.05) is 48.9 Å². The molecule has 44 heavy (non-hydrogen) atoms. The number of hydrogen-bond donors (Lipinski definition) is 1. The molecule has 2 aliphatic rings. The number of aliphatic hydroxyl groups excluding tert-OH is 1. The van der Waals surface area contributed by atoms with Crippen molar-refractivity contribution in [2.45, 2.75) is 82.6 Å². The maximum absolute atomic E-state index is 14.0. The molecule has 2 fully saturated rings. The zero-order valence-corrected chi connectivity index (χ0v) is 27.1. The Morgan fingerprint density at radius 3 is 2.36 bits per heavy atom. The number of ether oxygens (including phenoxy) is 2. The lowest BCUT2D eigenvalue weighted by molar-refractivity contribution is -0.135. The molecule has 1 N–H and O–H groups in total. The Morgan fingerprint density at radius 1 is 0.977 bits per heavy atom. The Bertz CT molecular complexity index is 1490. The number of para-hydroxylation sites is 1. The van der Waals surface area contributed by atoms with E-state index in [0.29, 0.717) is 17.9 Å². The van der Waals surface area contributed by atoms with Crippen LogP contribution in [0.3, 0.4) is 0 Å². The van der Waals surface area contributed by atoms with Gasteiger partial charge in [0, 0.05) is 22.8 Å². The van der Waals surface area contributed by atoms with Crippen LogP contribution < -0.4 is 9.47 Å². The molecule has 6 heteroatoms. The molecule has 0 spiro atoms.